The van der Waals surface area contributed by atoms with Crippen LogP contribution in [0.5, 0.6) is 0 Å². The van der Waals surface area contributed by atoms with Crippen LogP contribution in [0, 0.1) is 0 Å². The summed E-state index contributed by atoms with van der Waals surface area (Å²) in [6, 6.07) is 0.441. The Morgan fingerprint density at radius 2 is 1.47 bits per heavy atom. The first-order valence-electron chi connectivity index (χ1n) is 7.32. The molecule has 0 bridgehead atoms. The zero-order valence-corrected chi connectivity index (χ0v) is 12.0. The average molecular weight is 244 g/mol. The molecule has 3 N–H and O–H groups in total. The van der Waals surface area contributed by atoms with E-state index in [1.54, 1.807) is 7.11 Å². The number of nitrogens with two attached hydrogens (primary N) is 1. The highest BCUT2D eigenvalue weighted by molar-refractivity contribution is 4.73. The Kier molecular flexibility index (Phi) is 12.3. The molecule has 3 nitrogen and oxygen atoms in total. The van der Waals surface area contributed by atoms with Crippen molar-refractivity contribution in [3.05, 3.63) is 0 Å². The van der Waals surface area contributed by atoms with Gasteiger partial charge in [-0.05, 0) is 51.6 Å². The molecule has 2 rings (SSSR count). The lowest BCUT2D eigenvalue weighted by Crippen LogP contribution is -2.29. The minimum absolute atomic E-state index is 0.441. The number of ether oxygens (including phenoxy) is 1. The molecule has 0 unspecified atom stereocenters. The molecule has 1 saturated heterocycles. The summed E-state index contributed by atoms with van der Waals surface area (Å²) in [6.07, 6.45) is 9.28. The van der Waals surface area contributed by atoms with Crippen molar-refractivity contribution in [2.75, 3.05) is 20.2 Å². The van der Waals surface area contributed by atoms with Gasteiger partial charge in [-0.2, -0.15) is 0 Å². The number of methoxy groups -OCH3 is 1. The van der Waals surface area contributed by atoms with Crippen LogP contribution in [-0.4, -0.2) is 32.3 Å². The summed E-state index contributed by atoms with van der Waals surface area (Å²) in [7, 11) is 1.78. The van der Waals surface area contributed by atoms with Crippen LogP contribution in [0.25, 0.3) is 0 Å². The number of nitrogens with one attached hydrogen (secondary N) is 1. The molecule has 17 heavy (non-hydrogen) atoms. The zero-order chi connectivity index (χ0) is 12.9. The normalized spacial score (nSPS) is 28.2. The van der Waals surface area contributed by atoms with Crippen LogP contribution < -0.4 is 11.1 Å². The maximum absolute atomic E-state index is 5.70. The van der Waals surface area contributed by atoms with Gasteiger partial charge in [0.15, 0.2) is 0 Å². The van der Waals surface area contributed by atoms with Crippen LogP contribution in [0.4, 0.5) is 0 Å². The molecular weight excluding hydrogens is 212 g/mol. The molecule has 2 aliphatic rings. The Morgan fingerprint density at radius 3 is 1.76 bits per heavy atom. The molecule has 3 heteroatoms. The summed E-state index contributed by atoms with van der Waals surface area (Å²) in [5.41, 5.74) is 5.70. The molecule has 1 saturated carbocycles. The Hall–Kier alpha value is -0.120. The molecule has 104 valence electrons. The highest BCUT2D eigenvalue weighted by atomic mass is 16.5. The third-order valence-electron chi connectivity index (χ3n) is 3.26. The smallest absolute Gasteiger partial charge is 0.0572 e. The van der Waals surface area contributed by atoms with Gasteiger partial charge in [0.25, 0.3) is 0 Å². The second-order valence-corrected chi connectivity index (χ2v) is 4.58. The Balaban J connectivity index is 0.000000278. The van der Waals surface area contributed by atoms with Crippen LogP contribution in [0.15, 0.2) is 0 Å². The van der Waals surface area contributed by atoms with E-state index in [-0.39, 0.29) is 0 Å². The molecule has 0 amide bonds. The lowest BCUT2D eigenvalue weighted by atomic mass is 9.94. The van der Waals surface area contributed by atoms with Gasteiger partial charge >= 0.3 is 0 Å². The Morgan fingerprint density at radius 1 is 0.941 bits per heavy atom. The zero-order valence-electron chi connectivity index (χ0n) is 12.0. The first-order chi connectivity index (χ1) is 8.33. The lowest BCUT2D eigenvalue weighted by Gasteiger charge is -2.24. The van der Waals surface area contributed by atoms with Crippen molar-refractivity contribution < 1.29 is 4.74 Å². The number of piperidine rings is 1. The largest absolute Gasteiger partial charge is 0.381 e. The molecule has 0 atom stereocenters. The monoisotopic (exact) mass is 244 g/mol. The van der Waals surface area contributed by atoms with E-state index in [2.05, 4.69) is 5.32 Å². The van der Waals surface area contributed by atoms with Crippen LogP contribution in [0.1, 0.15) is 58.8 Å². The van der Waals surface area contributed by atoms with E-state index in [0.29, 0.717) is 12.1 Å². The number of hydrogen-bond acceptors (Lipinski definition) is 3. The fraction of sp³-hybridized carbons (Fsp3) is 1.00. The highest BCUT2D eigenvalue weighted by Gasteiger charge is 2.16. The molecular formula is C14H32N2O. The summed E-state index contributed by atoms with van der Waals surface area (Å²) < 4.78 is 5.18. The van der Waals surface area contributed by atoms with E-state index in [9.17, 15) is 0 Å². The highest BCUT2D eigenvalue weighted by Crippen LogP contribution is 2.18. The van der Waals surface area contributed by atoms with Crippen molar-refractivity contribution in [2.45, 2.75) is 70.9 Å². The molecule has 1 heterocycles. The minimum atomic E-state index is 0.441. The maximum Gasteiger partial charge on any atom is 0.0572 e. The Bertz CT molecular complexity index is 130. The van der Waals surface area contributed by atoms with E-state index >= 15 is 0 Å². The Labute approximate surface area is 107 Å². The molecule has 0 aromatic carbocycles. The first-order valence-corrected chi connectivity index (χ1v) is 7.32. The van der Waals surface area contributed by atoms with Crippen molar-refractivity contribution in [1.82, 2.24) is 5.32 Å². The van der Waals surface area contributed by atoms with Gasteiger partial charge in [-0.3, -0.25) is 0 Å². The van der Waals surface area contributed by atoms with E-state index < -0.39 is 0 Å². The van der Waals surface area contributed by atoms with Crippen molar-refractivity contribution in [1.29, 1.82) is 0 Å². The van der Waals surface area contributed by atoms with Crippen LogP contribution in [0.3, 0.4) is 0 Å². The van der Waals surface area contributed by atoms with Gasteiger partial charge in [-0.1, -0.05) is 20.3 Å². The van der Waals surface area contributed by atoms with Crippen molar-refractivity contribution in [3.8, 4) is 0 Å². The fourth-order valence-corrected chi connectivity index (χ4v) is 2.13. The SMILES string of the molecule is C1CCNCC1.CC.COC1CCC(N)CC1. The molecule has 0 aromatic rings. The molecule has 1 aliphatic carbocycles. The van der Waals surface area contributed by atoms with E-state index in [0.717, 1.165) is 25.7 Å². The molecule has 2 fully saturated rings. The average Bonchev–Trinajstić information content (AvgIpc) is 2.44. The second-order valence-electron chi connectivity index (χ2n) is 4.58. The van der Waals surface area contributed by atoms with Crippen LogP contribution in [0.2, 0.25) is 0 Å². The van der Waals surface area contributed by atoms with Gasteiger partial charge < -0.3 is 15.8 Å². The second kappa shape index (κ2) is 12.3. The summed E-state index contributed by atoms with van der Waals surface area (Å²) in [5.74, 6) is 0. The third-order valence-corrected chi connectivity index (χ3v) is 3.26. The molecule has 0 aromatic heterocycles. The number of rotatable bonds is 1. The van der Waals surface area contributed by atoms with Crippen molar-refractivity contribution in [3.63, 3.8) is 0 Å². The third kappa shape index (κ3) is 9.57. The van der Waals surface area contributed by atoms with Crippen molar-refractivity contribution >= 4 is 0 Å². The van der Waals surface area contributed by atoms with Crippen molar-refractivity contribution in [2.24, 2.45) is 5.73 Å². The summed E-state index contributed by atoms with van der Waals surface area (Å²) in [4.78, 5) is 0. The first kappa shape index (κ1) is 16.9. The quantitative estimate of drug-likeness (QED) is 0.745. The van der Waals surface area contributed by atoms with Gasteiger partial charge in [0.1, 0.15) is 0 Å². The predicted octanol–water partition coefficient (Wildman–Crippen LogP) is 2.69. The summed E-state index contributed by atoms with van der Waals surface area (Å²) >= 11 is 0. The van der Waals surface area contributed by atoms with Gasteiger partial charge in [0, 0.05) is 13.2 Å². The van der Waals surface area contributed by atoms with Crippen LogP contribution >= 0.6 is 0 Å². The minimum Gasteiger partial charge on any atom is -0.381 e. The van der Waals surface area contributed by atoms with Crippen LogP contribution in [-0.2, 0) is 4.74 Å². The van der Waals surface area contributed by atoms with Gasteiger partial charge in [-0.15, -0.1) is 0 Å². The van der Waals surface area contributed by atoms with E-state index in [4.69, 9.17) is 10.5 Å². The fourth-order valence-electron chi connectivity index (χ4n) is 2.13. The van der Waals surface area contributed by atoms with Gasteiger partial charge in [0.2, 0.25) is 0 Å². The predicted molar refractivity (Wildman–Crippen MR) is 75.3 cm³/mol. The van der Waals surface area contributed by atoms with E-state index in [1.165, 1.54) is 32.4 Å². The standard InChI is InChI=1S/C7H15NO.C5H11N.C2H6/c1-9-7-4-2-6(8)3-5-7;1-2-4-6-5-3-1;1-2/h6-7H,2-5,8H2,1H3;6H,1-5H2;1-2H3. The molecule has 0 spiro atoms. The number of hydrogen-bond donors (Lipinski definition) is 2. The van der Waals surface area contributed by atoms with Gasteiger partial charge in [0.05, 0.1) is 6.10 Å². The molecule has 0 radical (unpaired) electrons. The van der Waals surface area contributed by atoms with E-state index in [1.807, 2.05) is 13.8 Å². The van der Waals surface area contributed by atoms with Gasteiger partial charge in [-0.25, -0.2) is 0 Å². The summed E-state index contributed by atoms with van der Waals surface area (Å²) in [6.45, 7) is 6.50. The lowest BCUT2D eigenvalue weighted by molar-refractivity contribution is 0.0664. The topological polar surface area (TPSA) is 47.3 Å². The maximum atomic E-state index is 5.70. The summed E-state index contributed by atoms with van der Waals surface area (Å²) in [5, 5.41) is 3.28. The molecule has 1 aliphatic heterocycles.